The van der Waals surface area contributed by atoms with Crippen LogP contribution in [0.4, 0.5) is 24.8 Å². The minimum Gasteiger partial charge on any atom is -0.391 e. The van der Waals surface area contributed by atoms with Gasteiger partial charge in [-0.15, -0.1) is 0 Å². The molecule has 3 N–H and O–H groups in total. The predicted octanol–water partition coefficient (Wildman–Crippen LogP) is 2.11. The summed E-state index contributed by atoms with van der Waals surface area (Å²) < 4.78 is 37.9. The van der Waals surface area contributed by atoms with Crippen LogP contribution < -0.4 is 10.6 Å². The van der Waals surface area contributed by atoms with E-state index in [4.69, 9.17) is 0 Å². The molecule has 1 unspecified atom stereocenters. The highest BCUT2D eigenvalue weighted by molar-refractivity contribution is 5.49. The van der Waals surface area contributed by atoms with Crippen LogP contribution in [0.15, 0.2) is 6.07 Å². The van der Waals surface area contributed by atoms with Crippen LogP contribution in [-0.2, 0) is 6.18 Å². The van der Waals surface area contributed by atoms with Crippen molar-refractivity contribution >= 4 is 11.6 Å². The van der Waals surface area contributed by atoms with E-state index >= 15 is 0 Å². The van der Waals surface area contributed by atoms with Gasteiger partial charge >= 0.3 is 6.18 Å². The molecule has 0 aliphatic heterocycles. The number of nitrogens with zero attached hydrogens (tertiary/aromatic N) is 2. The van der Waals surface area contributed by atoms with Gasteiger partial charge in [0, 0.05) is 13.1 Å². The summed E-state index contributed by atoms with van der Waals surface area (Å²) in [7, 11) is 1.46. The lowest BCUT2D eigenvalue weighted by Gasteiger charge is -2.30. The molecule has 0 aliphatic carbocycles. The molecule has 0 saturated carbocycles. The monoisotopic (exact) mass is 278 g/mol. The Hall–Kier alpha value is -1.57. The molecule has 0 aliphatic rings. The van der Waals surface area contributed by atoms with Crippen LogP contribution in [0.5, 0.6) is 0 Å². The molecule has 0 spiro atoms. The lowest BCUT2D eigenvalue weighted by molar-refractivity contribution is -0.144. The first-order valence-electron chi connectivity index (χ1n) is 5.66. The fourth-order valence-electron chi connectivity index (χ4n) is 1.20. The van der Waals surface area contributed by atoms with Crippen molar-refractivity contribution in [2.75, 3.05) is 17.7 Å². The maximum atomic E-state index is 12.6. The number of aliphatic hydroxyl groups is 1. The third-order valence-corrected chi connectivity index (χ3v) is 2.73. The van der Waals surface area contributed by atoms with E-state index in [0.29, 0.717) is 0 Å². The molecule has 1 rings (SSSR count). The van der Waals surface area contributed by atoms with Crippen LogP contribution in [0.1, 0.15) is 26.6 Å². The molecule has 0 fully saturated rings. The standard InChI is InChI=1S/C11H17F3N4O/c1-6(19)10(2,3)18-8-5-7(15-4)16-9(17-8)11(12,13)14/h5-6,19H,1-4H3,(H2,15,16,17,18). The Labute approximate surface area is 109 Å². The number of aromatic nitrogens is 2. The SMILES string of the molecule is CNc1cc(NC(C)(C)C(C)O)nc(C(F)(F)F)n1. The van der Waals surface area contributed by atoms with E-state index in [-0.39, 0.29) is 11.6 Å². The molecule has 0 saturated heterocycles. The summed E-state index contributed by atoms with van der Waals surface area (Å²) in [4.78, 5) is 6.77. The molecular weight excluding hydrogens is 261 g/mol. The van der Waals surface area contributed by atoms with E-state index in [1.807, 2.05) is 0 Å². The van der Waals surface area contributed by atoms with Gasteiger partial charge in [-0.25, -0.2) is 9.97 Å². The highest BCUT2D eigenvalue weighted by Gasteiger charge is 2.36. The summed E-state index contributed by atoms with van der Waals surface area (Å²) in [6, 6.07) is 1.35. The maximum absolute atomic E-state index is 12.6. The minimum atomic E-state index is -4.63. The molecule has 0 radical (unpaired) electrons. The number of hydrogen-bond donors (Lipinski definition) is 3. The van der Waals surface area contributed by atoms with Gasteiger partial charge in [-0.05, 0) is 20.8 Å². The maximum Gasteiger partial charge on any atom is 0.451 e. The van der Waals surface area contributed by atoms with Crippen molar-refractivity contribution in [2.45, 2.75) is 38.6 Å². The molecule has 1 atom stereocenters. The summed E-state index contributed by atoms with van der Waals surface area (Å²) in [6.07, 6.45) is -5.40. The Balaban J connectivity index is 3.15. The average Bonchev–Trinajstić information content (AvgIpc) is 2.26. The molecule has 0 bridgehead atoms. The van der Waals surface area contributed by atoms with E-state index in [1.165, 1.54) is 20.0 Å². The largest absolute Gasteiger partial charge is 0.451 e. The van der Waals surface area contributed by atoms with E-state index in [0.717, 1.165) is 0 Å². The Morgan fingerprint density at radius 2 is 1.74 bits per heavy atom. The highest BCUT2D eigenvalue weighted by Crippen LogP contribution is 2.29. The molecule has 0 aromatic carbocycles. The molecule has 5 nitrogen and oxygen atoms in total. The molecule has 8 heteroatoms. The molecular formula is C11H17F3N4O. The van der Waals surface area contributed by atoms with E-state index in [2.05, 4.69) is 20.6 Å². The van der Waals surface area contributed by atoms with Crippen molar-refractivity contribution in [2.24, 2.45) is 0 Å². The van der Waals surface area contributed by atoms with Crippen LogP contribution in [0.25, 0.3) is 0 Å². The fraction of sp³-hybridized carbons (Fsp3) is 0.636. The smallest absolute Gasteiger partial charge is 0.391 e. The van der Waals surface area contributed by atoms with Crippen LogP contribution in [-0.4, -0.2) is 33.8 Å². The van der Waals surface area contributed by atoms with Gasteiger partial charge in [0.1, 0.15) is 11.6 Å². The molecule has 1 aromatic heterocycles. The first kappa shape index (κ1) is 15.5. The van der Waals surface area contributed by atoms with Crippen molar-refractivity contribution in [1.82, 2.24) is 9.97 Å². The fourth-order valence-corrected chi connectivity index (χ4v) is 1.20. The number of halogens is 3. The van der Waals surface area contributed by atoms with E-state index in [1.54, 1.807) is 13.8 Å². The summed E-state index contributed by atoms with van der Waals surface area (Å²) in [5.41, 5.74) is -0.817. The van der Waals surface area contributed by atoms with Gasteiger partial charge in [0.25, 0.3) is 0 Å². The summed E-state index contributed by atoms with van der Waals surface area (Å²) >= 11 is 0. The van der Waals surface area contributed by atoms with Gasteiger partial charge in [-0.1, -0.05) is 0 Å². The van der Waals surface area contributed by atoms with E-state index < -0.39 is 23.6 Å². The first-order chi connectivity index (χ1) is 8.56. The number of rotatable bonds is 4. The highest BCUT2D eigenvalue weighted by atomic mass is 19.4. The minimum absolute atomic E-state index is 0.00225. The van der Waals surface area contributed by atoms with E-state index in [9.17, 15) is 18.3 Å². The van der Waals surface area contributed by atoms with Crippen molar-refractivity contribution in [3.63, 3.8) is 0 Å². The third kappa shape index (κ3) is 3.95. The van der Waals surface area contributed by atoms with Crippen molar-refractivity contribution < 1.29 is 18.3 Å². The zero-order valence-corrected chi connectivity index (χ0v) is 11.1. The number of nitrogens with one attached hydrogen (secondary N) is 2. The summed E-state index contributed by atoms with van der Waals surface area (Å²) in [5.74, 6) is -1.19. The lowest BCUT2D eigenvalue weighted by Crippen LogP contribution is -2.42. The number of alkyl halides is 3. The third-order valence-electron chi connectivity index (χ3n) is 2.73. The van der Waals surface area contributed by atoms with Gasteiger partial charge in [-0.3, -0.25) is 0 Å². The Bertz CT molecular complexity index is 446. The lowest BCUT2D eigenvalue weighted by atomic mass is 9.99. The predicted molar refractivity (Wildman–Crippen MR) is 66.0 cm³/mol. The van der Waals surface area contributed by atoms with Crippen LogP contribution in [0.3, 0.4) is 0 Å². The number of anilines is 2. The van der Waals surface area contributed by atoms with Gasteiger partial charge in [0.2, 0.25) is 5.82 Å². The van der Waals surface area contributed by atoms with Gasteiger partial charge < -0.3 is 15.7 Å². The Kier molecular flexibility index (Phi) is 4.24. The Morgan fingerprint density at radius 3 is 2.16 bits per heavy atom. The second-order valence-corrected chi connectivity index (χ2v) is 4.73. The van der Waals surface area contributed by atoms with Crippen LogP contribution in [0.2, 0.25) is 0 Å². The van der Waals surface area contributed by atoms with Crippen LogP contribution >= 0.6 is 0 Å². The second-order valence-electron chi connectivity index (χ2n) is 4.73. The Morgan fingerprint density at radius 1 is 1.21 bits per heavy atom. The van der Waals surface area contributed by atoms with Gasteiger partial charge in [-0.2, -0.15) is 13.2 Å². The van der Waals surface area contributed by atoms with Gasteiger partial charge in [0.15, 0.2) is 0 Å². The molecule has 0 amide bonds. The number of hydrogen-bond acceptors (Lipinski definition) is 5. The quantitative estimate of drug-likeness (QED) is 0.787. The van der Waals surface area contributed by atoms with Crippen LogP contribution in [0, 0.1) is 0 Å². The molecule has 1 aromatic rings. The van der Waals surface area contributed by atoms with Crippen molar-refractivity contribution in [3.8, 4) is 0 Å². The molecule has 1 heterocycles. The zero-order chi connectivity index (χ0) is 14.8. The summed E-state index contributed by atoms with van der Waals surface area (Å²) in [5, 5.41) is 14.9. The zero-order valence-electron chi connectivity index (χ0n) is 11.1. The molecule has 19 heavy (non-hydrogen) atoms. The first-order valence-corrected chi connectivity index (χ1v) is 5.66. The second kappa shape index (κ2) is 5.20. The van der Waals surface area contributed by atoms with Gasteiger partial charge in [0.05, 0.1) is 11.6 Å². The average molecular weight is 278 g/mol. The number of aliphatic hydroxyl groups excluding tert-OH is 1. The topological polar surface area (TPSA) is 70.1 Å². The van der Waals surface area contributed by atoms with Crippen molar-refractivity contribution in [3.05, 3.63) is 11.9 Å². The molecule has 108 valence electrons. The van der Waals surface area contributed by atoms with Crippen molar-refractivity contribution in [1.29, 1.82) is 0 Å². The summed E-state index contributed by atoms with van der Waals surface area (Å²) in [6.45, 7) is 4.86. The normalized spacial score (nSPS) is 14.1.